The molecule has 158 valence electrons. The molecule has 2 aliphatic heterocycles. The quantitative estimate of drug-likeness (QED) is 0.721. The molecule has 0 saturated carbocycles. The summed E-state index contributed by atoms with van der Waals surface area (Å²) in [5.41, 5.74) is 0.934. The standard InChI is InChI=1S/C21H22ClN3O4S/c22-16-8-9-18(19(15-16)25-10-4-7-20(25)26)21(27)23-11-13-24(14-12-23)30(28,29)17-5-2-1-3-6-17/h1-3,5-6,8-9,15H,4,7,10-14H2. The smallest absolute Gasteiger partial charge is 0.256 e. The van der Waals surface area contributed by atoms with Gasteiger partial charge >= 0.3 is 0 Å². The Morgan fingerprint density at radius 3 is 2.27 bits per heavy atom. The molecule has 0 bridgehead atoms. The van der Waals surface area contributed by atoms with Gasteiger partial charge in [0.05, 0.1) is 16.1 Å². The Kier molecular flexibility index (Phi) is 5.81. The minimum absolute atomic E-state index is 0.0231. The van der Waals surface area contributed by atoms with Crippen LogP contribution in [0.15, 0.2) is 53.4 Å². The molecule has 0 radical (unpaired) electrons. The van der Waals surface area contributed by atoms with Gasteiger partial charge in [-0.2, -0.15) is 4.31 Å². The Morgan fingerprint density at radius 2 is 1.63 bits per heavy atom. The van der Waals surface area contributed by atoms with E-state index in [0.717, 1.165) is 6.42 Å². The second-order valence-corrected chi connectivity index (χ2v) is 9.69. The lowest BCUT2D eigenvalue weighted by Crippen LogP contribution is -2.50. The molecule has 0 unspecified atom stereocenters. The zero-order valence-electron chi connectivity index (χ0n) is 16.3. The first-order valence-corrected chi connectivity index (χ1v) is 11.6. The van der Waals surface area contributed by atoms with Crippen molar-refractivity contribution in [3.8, 4) is 0 Å². The fourth-order valence-corrected chi connectivity index (χ4v) is 5.46. The maximum atomic E-state index is 13.2. The highest BCUT2D eigenvalue weighted by Crippen LogP contribution is 2.30. The molecule has 2 aromatic carbocycles. The fraction of sp³-hybridized carbons (Fsp3) is 0.333. The van der Waals surface area contributed by atoms with Crippen molar-refractivity contribution in [2.75, 3.05) is 37.6 Å². The highest BCUT2D eigenvalue weighted by Gasteiger charge is 2.32. The number of benzene rings is 2. The van der Waals surface area contributed by atoms with E-state index in [0.29, 0.717) is 29.2 Å². The summed E-state index contributed by atoms with van der Waals surface area (Å²) in [6.07, 6.45) is 1.20. The largest absolute Gasteiger partial charge is 0.336 e. The Morgan fingerprint density at radius 1 is 0.933 bits per heavy atom. The summed E-state index contributed by atoms with van der Waals surface area (Å²) < 4.78 is 27.0. The normalized spacial score (nSPS) is 18.1. The summed E-state index contributed by atoms with van der Waals surface area (Å²) in [5, 5.41) is 0.458. The minimum atomic E-state index is -3.58. The average Bonchev–Trinajstić information content (AvgIpc) is 3.19. The summed E-state index contributed by atoms with van der Waals surface area (Å²) in [5.74, 6) is -0.247. The monoisotopic (exact) mass is 447 g/mol. The van der Waals surface area contributed by atoms with Crippen molar-refractivity contribution in [3.63, 3.8) is 0 Å². The highest BCUT2D eigenvalue weighted by molar-refractivity contribution is 7.89. The van der Waals surface area contributed by atoms with Gasteiger partial charge < -0.3 is 9.80 Å². The maximum Gasteiger partial charge on any atom is 0.256 e. The molecule has 2 heterocycles. The summed E-state index contributed by atoms with van der Waals surface area (Å²) in [6.45, 7) is 1.55. The number of halogens is 1. The molecule has 4 rings (SSSR count). The van der Waals surface area contributed by atoms with Crippen molar-refractivity contribution < 1.29 is 18.0 Å². The lowest BCUT2D eigenvalue weighted by atomic mass is 10.1. The van der Waals surface area contributed by atoms with E-state index in [9.17, 15) is 18.0 Å². The molecule has 0 aromatic heterocycles. The van der Waals surface area contributed by atoms with Crippen molar-refractivity contribution in [1.82, 2.24) is 9.21 Å². The van der Waals surface area contributed by atoms with Crippen molar-refractivity contribution in [1.29, 1.82) is 0 Å². The number of sulfonamides is 1. The molecule has 30 heavy (non-hydrogen) atoms. The number of amides is 2. The van der Waals surface area contributed by atoms with Gasteiger partial charge in [0.25, 0.3) is 5.91 Å². The second-order valence-electron chi connectivity index (χ2n) is 7.32. The number of piperazine rings is 1. The van der Waals surface area contributed by atoms with Crippen molar-refractivity contribution >= 4 is 39.1 Å². The molecule has 2 amide bonds. The van der Waals surface area contributed by atoms with Gasteiger partial charge in [0.2, 0.25) is 15.9 Å². The van der Waals surface area contributed by atoms with Crippen LogP contribution in [0.3, 0.4) is 0 Å². The van der Waals surface area contributed by atoms with Crippen LogP contribution >= 0.6 is 11.6 Å². The lowest BCUT2D eigenvalue weighted by molar-refractivity contribution is -0.117. The molecule has 2 fully saturated rings. The third-order valence-corrected chi connectivity index (χ3v) is 7.61. The summed E-state index contributed by atoms with van der Waals surface area (Å²) in [6, 6.07) is 13.2. The van der Waals surface area contributed by atoms with Crippen molar-refractivity contribution in [2.45, 2.75) is 17.7 Å². The van der Waals surface area contributed by atoms with Crippen LogP contribution < -0.4 is 4.90 Å². The van der Waals surface area contributed by atoms with E-state index in [-0.39, 0.29) is 42.9 Å². The number of hydrogen-bond acceptors (Lipinski definition) is 4. The fourth-order valence-electron chi connectivity index (χ4n) is 3.86. The zero-order valence-corrected chi connectivity index (χ0v) is 17.9. The summed E-state index contributed by atoms with van der Waals surface area (Å²) >= 11 is 6.12. The number of hydrogen-bond donors (Lipinski definition) is 0. The number of anilines is 1. The van der Waals surface area contributed by atoms with E-state index in [1.807, 2.05) is 0 Å². The Hall–Kier alpha value is -2.42. The molecule has 2 saturated heterocycles. The number of nitrogens with zero attached hydrogens (tertiary/aromatic N) is 3. The van der Waals surface area contributed by atoms with Gasteiger partial charge in [-0.25, -0.2) is 8.42 Å². The molecule has 0 atom stereocenters. The average molecular weight is 448 g/mol. The summed E-state index contributed by atoms with van der Waals surface area (Å²) in [7, 11) is -3.58. The highest BCUT2D eigenvalue weighted by atomic mass is 35.5. The topological polar surface area (TPSA) is 78.0 Å². The molecule has 0 spiro atoms. The molecular weight excluding hydrogens is 426 g/mol. The Balaban J connectivity index is 1.51. The van der Waals surface area contributed by atoms with E-state index in [2.05, 4.69) is 0 Å². The van der Waals surface area contributed by atoms with Crippen LogP contribution in [0.5, 0.6) is 0 Å². The van der Waals surface area contributed by atoms with Gasteiger partial charge in [-0.1, -0.05) is 29.8 Å². The minimum Gasteiger partial charge on any atom is -0.336 e. The van der Waals surface area contributed by atoms with Crippen LogP contribution in [0.4, 0.5) is 5.69 Å². The van der Waals surface area contributed by atoms with Crippen LogP contribution in [0.2, 0.25) is 5.02 Å². The molecule has 0 N–H and O–H groups in total. The molecule has 0 aliphatic carbocycles. The third kappa shape index (κ3) is 3.95. The van der Waals surface area contributed by atoms with Gasteiger partial charge in [-0.3, -0.25) is 9.59 Å². The van der Waals surface area contributed by atoms with E-state index >= 15 is 0 Å². The number of carbonyl (C=O) groups is 2. The van der Waals surface area contributed by atoms with E-state index in [4.69, 9.17) is 11.6 Å². The Labute approximate surface area is 180 Å². The van der Waals surface area contributed by atoms with Gasteiger partial charge in [0.15, 0.2) is 0 Å². The third-order valence-electron chi connectivity index (χ3n) is 5.46. The number of carbonyl (C=O) groups excluding carboxylic acids is 2. The van der Waals surface area contributed by atoms with E-state index in [1.54, 1.807) is 58.3 Å². The molecular formula is C21H22ClN3O4S. The molecule has 2 aromatic rings. The molecule has 9 heteroatoms. The van der Waals surface area contributed by atoms with Crippen LogP contribution in [0.25, 0.3) is 0 Å². The van der Waals surface area contributed by atoms with Gasteiger partial charge in [0, 0.05) is 44.2 Å². The van der Waals surface area contributed by atoms with E-state index < -0.39 is 10.0 Å². The SMILES string of the molecule is O=C(c1ccc(Cl)cc1N1CCCC1=O)N1CCN(S(=O)(=O)c2ccccc2)CC1. The molecule has 7 nitrogen and oxygen atoms in total. The predicted molar refractivity (Wildman–Crippen MR) is 114 cm³/mol. The second kappa shape index (κ2) is 8.37. The van der Waals surface area contributed by atoms with Crippen LogP contribution in [-0.4, -0.2) is 62.2 Å². The number of rotatable bonds is 4. The lowest BCUT2D eigenvalue weighted by Gasteiger charge is -2.34. The van der Waals surface area contributed by atoms with E-state index in [1.165, 1.54) is 4.31 Å². The van der Waals surface area contributed by atoms with Gasteiger partial charge in [-0.05, 0) is 36.8 Å². The summed E-state index contributed by atoms with van der Waals surface area (Å²) in [4.78, 5) is 28.9. The zero-order chi connectivity index (χ0) is 21.3. The van der Waals surface area contributed by atoms with Gasteiger partial charge in [-0.15, -0.1) is 0 Å². The van der Waals surface area contributed by atoms with Crippen LogP contribution in [0, 0.1) is 0 Å². The molecule has 2 aliphatic rings. The first-order chi connectivity index (χ1) is 14.4. The first-order valence-electron chi connectivity index (χ1n) is 9.82. The van der Waals surface area contributed by atoms with Crippen LogP contribution in [0.1, 0.15) is 23.2 Å². The van der Waals surface area contributed by atoms with Crippen molar-refractivity contribution in [3.05, 3.63) is 59.1 Å². The van der Waals surface area contributed by atoms with Gasteiger partial charge in [0.1, 0.15) is 0 Å². The van der Waals surface area contributed by atoms with Crippen molar-refractivity contribution in [2.24, 2.45) is 0 Å². The van der Waals surface area contributed by atoms with Crippen LogP contribution in [-0.2, 0) is 14.8 Å². The maximum absolute atomic E-state index is 13.2. The first kappa shape index (κ1) is 20.8. The Bertz CT molecular complexity index is 1070. The predicted octanol–water partition coefficient (Wildman–Crippen LogP) is 2.61.